The van der Waals surface area contributed by atoms with Gasteiger partial charge in [-0.1, -0.05) is 26.7 Å². The van der Waals surface area contributed by atoms with Crippen molar-refractivity contribution in [3.05, 3.63) is 39.6 Å². The summed E-state index contributed by atoms with van der Waals surface area (Å²) in [6.07, 6.45) is 7.03. The fourth-order valence-electron chi connectivity index (χ4n) is 4.65. The number of amides is 1. The summed E-state index contributed by atoms with van der Waals surface area (Å²) < 4.78 is 1.73. The summed E-state index contributed by atoms with van der Waals surface area (Å²) in [5.41, 5.74) is 1.64. The summed E-state index contributed by atoms with van der Waals surface area (Å²) in [4.78, 5) is 47.1. The number of nitrogens with one attached hydrogen (secondary N) is 2. The first-order chi connectivity index (χ1) is 15.3. The highest BCUT2D eigenvalue weighted by Gasteiger charge is 2.43. The Labute approximate surface area is 187 Å². The molecule has 1 unspecified atom stereocenters. The Morgan fingerprint density at radius 1 is 1.19 bits per heavy atom. The van der Waals surface area contributed by atoms with Crippen LogP contribution >= 0.6 is 0 Å². The van der Waals surface area contributed by atoms with Gasteiger partial charge >= 0.3 is 0 Å². The zero-order chi connectivity index (χ0) is 23.0. The van der Waals surface area contributed by atoms with Crippen LogP contribution in [0.5, 0.6) is 0 Å². The first-order valence-electron chi connectivity index (χ1n) is 11.5. The average molecular weight is 438 g/mol. The van der Waals surface area contributed by atoms with Crippen LogP contribution in [0.25, 0.3) is 0 Å². The van der Waals surface area contributed by atoms with E-state index in [4.69, 9.17) is 0 Å². The number of carbonyl (C=O) groups is 2. The lowest BCUT2D eigenvalue weighted by Crippen LogP contribution is -2.39. The number of Topliss-reactive ketones (excluding diaryl/α,β-unsaturated/α-hetero) is 1. The van der Waals surface area contributed by atoms with Crippen LogP contribution in [0.2, 0.25) is 0 Å². The van der Waals surface area contributed by atoms with E-state index in [1.54, 1.807) is 10.6 Å². The van der Waals surface area contributed by atoms with E-state index in [9.17, 15) is 14.4 Å². The SMILES string of the molecule is CCCCC1(CC)CC(=O)c2c(C)cc(Nc3ncnc(NC(=O)C4CC4)c3C)c(=O)n21. The predicted molar refractivity (Wildman–Crippen MR) is 124 cm³/mol. The fraction of sp³-hybridized carbons (Fsp3) is 0.542. The second kappa shape index (κ2) is 8.48. The van der Waals surface area contributed by atoms with E-state index in [0.29, 0.717) is 35.0 Å². The summed E-state index contributed by atoms with van der Waals surface area (Å²) >= 11 is 0. The Hall–Kier alpha value is -3.03. The molecule has 1 aliphatic carbocycles. The van der Waals surface area contributed by atoms with Crippen LogP contribution in [0.1, 0.15) is 80.4 Å². The number of pyridine rings is 1. The van der Waals surface area contributed by atoms with E-state index < -0.39 is 5.54 Å². The molecule has 2 aliphatic rings. The molecule has 4 rings (SSSR count). The van der Waals surface area contributed by atoms with Crippen LogP contribution in [0.4, 0.5) is 17.3 Å². The van der Waals surface area contributed by atoms with E-state index in [1.165, 1.54) is 6.33 Å². The molecule has 2 aromatic heterocycles. The third-order valence-electron chi connectivity index (χ3n) is 6.80. The summed E-state index contributed by atoms with van der Waals surface area (Å²) in [6, 6.07) is 1.72. The van der Waals surface area contributed by atoms with Crippen molar-refractivity contribution in [2.75, 3.05) is 10.6 Å². The van der Waals surface area contributed by atoms with Crippen LogP contribution in [0, 0.1) is 19.8 Å². The van der Waals surface area contributed by atoms with Gasteiger partial charge in [-0.15, -0.1) is 0 Å². The number of ketones is 1. The molecule has 0 bridgehead atoms. The lowest BCUT2D eigenvalue weighted by molar-refractivity contribution is -0.117. The van der Waals surface area contributed by atoms with Gasteiger partial charge in [0.05, 0.1) is 11.2 Å². The highest BCUT2D eigenvalue weighted by Crippen LogP contribution is 2.40. The van der Waals surface area contributed by atoms with E-state index in [-0.39, 0.29) is 23.2 Å². The molecule has 1 amide bonds. The van der Waals surface area contributed by atoms with Crippen LogP contribution < -0.4 is 16.2 Å². The van der Waals surface area contributed by atoms with Crippen molar-refractivity contribution < 1.29 is 9.59 Å². The van der Waals surface area contributed by atoms with Crippen molar-refractivity contribution in [1.29, 1.82) is 0 Å². The van der Waals surface area contributed by atoms with Crippen molar-refractivity contribution in [3.8, 4) is 0 Å². The standard InChI is InChI=1S/C24H31N5O3/c1-5-7-10-24(6-2)12-18(30)19-14(3)11-17(23(32)29(19)24)27-20-15(4)21(26-13-25-20)28-22(31)16-8-9-16/h11,13,16H,5-10,12H2,1-4H3,(H2,25,26,27,28,31). The Morgan fingerprint density at radius 2 is 1.91 bits per heavy atom. The fourth-order valence-corrected chi connectivity index (χ4v) is 4.65. The van der Waals surface area contributed by atoms with Crippen LogP contribution in [-0.4, -0.2) is 26.2 Å². The van der Waals surface area contributed by atoms with Crippen molar-refractivity contribution in [2.24, 2.45) is 5.92 Å². The maximum Gasteiger partial charge on any atom is 0.275 e. The largest absolute Gasteiger partial charge is 0.335 e. The van der Waals surface area contributed by atoms with Gasteiger partial charge in [-0.3, -0.25) is 19.0 Å². The number of unbranched alkanes of at least 4 members (excludes halogenated alkanes) is 1. The van der Waals surface area contributed by atoms with Crippen molar-refractivity contribution in [1.82, 2.24) is 14.5 Å². The molecular weight excluding hydrogens is 406 g/mol. The minimum absolute atomic E-state index is 0.0339. The summed E-state index contributed by atoms with van der Waals surface area (Å²) in [5.74, 6) is 0.967. The third-order valence-corrected chi connectivity index (χ3v) is 6.80. The van der Waals surface area contributed by atoms with E-state index in [0.717, 1.165) is 44.1 Å². The Balaban J connectivity index is 1.72. The summed E-state index contributed by atoms with van der Waals surface area (Å²) in [5, 5.41) is 6.01. The topological polar surface area (TPSA) is 106 Å². The van der Waals surface area contributed by atoms with Crippen molar-refractivity contribution in [2.45, 2.75) is 78.2 Å². The van der Waals surface area contributed by atoms with Gasteiger partial charge in [0.25, 0.3) is 5.56 Å². The van der Waals surface area contributed by atoms with Gasteiger partial charge in [-0.05, 0) is 51.2 Å². The van der Waals surface area contributed by atoms with Gasteiger partial charge in [-0.2, -0.15) is 0 Å². The van der Waals surface area contributed by atoms with Gasteiger partial charge in [-0.25, -0.2) is 9.97 Å². The first-order valence-corrected chi connectivity index (χ1v) is 11.5. The van der Waals surface area contributed by atoms with Gasteiger partial charge < -0.3 is 10.6 Å². The number of aryl methyl sites for hydroxylation is 1. The second-order valence-electron chi connectivity index (χ2n) is 9.10. The average Bonchev–Trinajstić information content (AvgIpc) is 3.57. The maximum absolute atomic E-state index is 13.6. The lowest BCUT2D eigenvalue weighted by Gasteiger charge is -2.30. The number of hydrogen-bond donors (Lipinski definition) is 2. The second-order valence-corrected chi connectivity index (χ2v) is 9.10. The molecular formula is C24H31N5O3. The number of nitrogens with zero attached hydrogens (tertiary/aromatic N) is 3. The minimum Gasteiger partial charge on any atom is -0.335 e. The van der Waals surface area contributed by atoms with Crippen LogP contribution in [0.15, 0.2) is 17.2 Å². The number of fused-ring (bicyclic) bond motifs is 1. The van der Waals surface area contributed by atoms with E-state index >= 15 is 0 Å². The third kappa shape index (κ3) is 3.82. The molecule has 32 heavy (non-hydrogen) atoms. The van der Waals surface area contributed by atoms with Gasteiger partial charge in [0.1, 0.15) is 23.7 Å². The zero-order valence-electron chi connectivity index (χ0n) is 19.2. The number of hydrogen-bond acceptors (Lipinski definition) is 6. The molecule has 8 nitrogen and oxygen atoms in total. The number of carbonyl (C=O) groups excluding carboxylic acids is 2. The molecule has 1 fully saturated rings. The van der Waals surface area contributed by atoms with Crippen LogP contribution in [-0.2, 0) is 10.3 Å². The molecule has 2 aromatic rings. The molecule has 2 N–H and O–H groups in total. The zero-order valence-corrected chi connectivity index (χ0v) is 19.2. The molecule has 0 radical (unpaired) electrons. The Kier molecular flexibility index (Phi) is 5.88. The van der Waals surface area contributed by atoms with E-state index in [1.807, 2.05) is 20.8 Å². The molecule has 1 atom stereocenters. The van der Waals surface area contributed by atoms with Gasteiger partial charge in [0, 0.05) is 17.9 Å². The molecule has 0 saturated heterocycles. The molecule has 170 valence electrons. The highest BCUT2D eigenvalue weighted by atomic mass is 16.2. The first kappa shape index (κ1) is 22.2. The van der Waals surface area contributed by atoms with E-state index in [2.05, 4.69) is 27.5 Å². The summed E-state index contributed by atoms with van der Waals surface area (Å²) in [6.45, 7) is 7.84. The lowest BCUT2D eigenvalue weighted by atomic mass is 9.87. The number of rotatable bonds is 8. The monoisotopic (exact) mass is 437 g/mol. The quantitative estimate of drug-likeness (QED) is 0.640. The molecule has 0 aromatic carbocycles. The van der Waals surface area contributed by atoms with Crippen LogP contribution in [0.3, 0.4) is 0 Å². The molecule has 3 heterocycles. The summed E-state index contributed by atoms with van der Waals surface area (Å²) in [7, 11) is 0. The number of aromatic nitrogens is 3. The van der Waals surface area contributed by atoms with Gasteiger partial charge in [0.2, 0.25) is 5.91 Å². The van der Waals surface area contributed by atoms with Crippen molar-refractivity contribution >= 4 is 29.0 Å². The molecule has 1 aliphatic heterocycles. The minimum atomic E-state index is -0.480. The normalized spacial score (nSPS) is 19.7. The molecule has 8 heteroatoms. The van der Waals surface area contributed by atoms with Gasteiger partial charge in [0.15, 0.2) is 5.78 Å². The Bertz CT molecular complexity index is 1140. The smallest absolute Gasteiger partial charge is 0.275 e. The maximum atomic E-state index is 13.6. The van der Waals surface area contributed by atoms with Crippen molar-refractivity contribution in [3.63, 3.8) is 0 Å². The molecule has 1 saturated carbocycles. The predicted octanol–water partition coefficient (Wildman–Crippen LogP) is 4.23. The highest BCUT2D eigenvalue weighted by molar-refractivity contribution is 5.99. The Morgan fingerprint density at radius 3 is 2.56 bits per heavy atom. The number of anilines is 3. The molecule has 0 spiro atoms.